The number of esters is 1. The van der Waals surface area contributed by atoms with E-state index in [9.17, 15) is 9.59 Å². The van der Waals surface area contributed by atoms with Gasteiger partial charge in [-0.05, 0) is 12.1 Å². The second-order valence-electron chi connectivity index (χ2n) is 4.14. The molecule has 0 unspecified atom stereocenters. The predicted molar refractivity (Wildman–Crippen MR) is 70.7 cm³/mol. The molecule has 1 heterocycles. The third kappa shape index (κ3) is 2.85. The Hall–Kier alpha value is -1.49. The third-order valence-electron chi connectivity index (χ3n) is 2.68. The lowest BCUT2D eigenvalue weighted by atomic mass is 10.2. The summed E-state index contributed by atoms with van der Waals surface area (Å²) in [5, 5.41) is 0. The number of para-hydroxylation sites is 1. The summed E-state index contributed by atoms with van der Waals surface area (Å²) in [6.45, 7) is 3.33. The lowest BCUT2D eigenvalue weighted by Crippen LogP contribution is -2.38. The predicted octanol–water partition coefficient (Wildman–Crippen LogP) is 2.08. The average Bonchev–Trinajstić information content (AvgIpc) is 2.49. The highest BCUT2D eigenvalue weighted by molar-refractivity contribution is 7.99. The zero-order valence-electron chi connectivity index (χ0n) is 10.4. The zero-order valence-corrected chi connectivity index (χ0v) is 11.2. The first-order chi connectivity index (χ1) is 8.58. The number of anilines is 1. The Morgan fingerprint density at radius 1 is 1.33 bits per heavy atom. The van der Waals surface area contributed by atoms with Crippen LogP contribution in [0.5, 0.6) is 0 Å². The fourth-order valence-electron chi connectivity index (χ4n) is 1.94. The molecule has 18 heavy (non-hydrogen) atoms. The van der Waals surface area contributed by atoms with Crippen molar-refractivity contribution < 1.29 is 14.3 Å². The Morgan fingerprint density at radius 2 is 2.06 bits per heavy atom. The normalized spacial score (nSPS) is 18.8. The first-order valence-electron chi connectivity index (χ1n) is 5.75. The van der Waals surface area contributed by atoms with Crippen molar-refractivity contribution in [2.45, 2.75) is 24.8 Å². The summed E-state index contributed by atoms with van der Waals surface area (Å²) in [6.07, 6.45) is -0.260. The van der Waals surface area contributed by atoms with Crippen molar-refractivity contribution in [3.05, 3.63) is 24.3 Å². The van der Waals surface area contributed by atoms with Crippen LogP contribution in [0.25, 0.3) is 0 Å². The van der Waals surface area contributed by atoms with Gasteiger partial charge < -0.3 is 9.64 Å². The van der Waals surface area contributed by atoms with Crippen molar-refractivity contribution in [3.8, 4) is 0 Å². The molecule has 1 aromatic rings. The molecule has 1 atom stereocenters. The summed E-state index contributed by atoms with van der Waals surface area (Å²) in [5.41, 5.74) is 0.893. The van der Waals surface area contributed by atoms with Crippen molar-refractivity contribution in [1.82, 2.24) is 0 Å². The van der Waals surface area contributed by atoms with Crippen molar-refractivity contribution >= 4 is 29.3 Å². The van der Waals surface area contributed by atoms with E-state index in [1.807, 2.05) is 24.3 Å². The fraction of sp³-hybridized carbons (Fsp3) is 0.385. The van der Waals surface area contributed by atoms with Crippen molar-refractivity contribution in [2.24, 2.45) is 0 Å². The molecule has 0 aromatic heterocycles. The van der Waals surface area contributed by atoms with Gasteiger partial charge in [-0.15, -0.1) is 11.8 Å². The van der Waals surface area contributed by atoms with E-state index in [0.29, 0.717) is 12.3 Å². The van der Waals surface area contributed by atoms with Crippen LogP contribution >= 0.6 is 11.8 Å². The lowest BCUT2D eigenvalue weighted by molar-refractivity contribution is -0.145. The van der Waals surface area contributed by atoms with E-state index in [-0.39, 0.29) is 18.0 Å². The summed E-state index contributed by atoms with van der Waals surface area (Å²) in [7, 11) is 0. The van der Waals surface area contributed by atoms with E-state index in [2.05, 4.69) is 0 Å². The largest absolute Gasteiger partial charge is 0.460 e. The van der Waals surface area contributed by atoms with Gasteiger partial charge in [0, 0.05) is 24.5 Å². The van der Waals surface area contributed by atoms with Gasteiger partial charge in [-0.25, -0.2) is 0 Å². The van der Waals surface area contributed by atoms with Gasteiger partial charge in [0.2, 0.25) is 5.91 Å². The molecule has 1 amide bonds. The highest BCUT2D eigenvalue weighted by atomic mass is 32.2. The Balaban J connectivity index is 2.28. The van der Waals surface area contributed by atoms with Crippen LogP contribution in [-0.2, 0) is 14.3 Å². The molecule has 5 heteroatoms. The smallest absolute Gasteiger partial charge is 0.302 e. The van der Waals surface area contributed by atoms with Gasteiger partial charge in [0.15, 0.2) is 0 Å². The molecule has 2 rings (SSSR count). The standard InChI is InChI=1S/C13H15NO3S/c1-9(15)14-7-11(17-10(2)16)8-18-13-6-4-3-5-12(13)14/h3-6,11H,7-8H2,1-2H3/t11-/m1/s1. The Morgan fingerprint density at radius 3 is 2.72 bits per heavy atom. The quantitative estimate of drug-likeness (QED) is 0.729. The Kier molecular flexibility index (Phi) is 3.91. The lowest BCUT2D eigenvalue weighted by Gasteiger charge is -2.23. The van der Waals surface area contributed by atoms with Crippen LogP contribution in [0.15, 0.2) is 29.2 Å². The van der Waals surface area contributed by atoms with Gasteiger partial charge in [0.05, 0.1) is 12.2 Å². The van der Waals surface area contributed by atoms with Crippen LogP contribution in [0.1, 0.15) is 13.8 Å². The minimum Gasteiger partial charge on any atom is -0.460 e. The van der Waals surface area contributed by atoms with Gasteiger partial charge in [0.25, 0.3) is 0 Å². The number of carbonyl (C=O) groups is 2. The molecule has 0 radical (unpaired) electrons. The van der Waals surface area contributed by atoms with Crippen molar-refractivity contribution in [3.63, 3.8) is 0 Å². The molecule has 0 bridgehead atoms. The zero-order chi connectivity index (χ0) is 13.1. The van der Waals surface area contributed by atoms with Crippen LogP contribution in [0.4, 0.5) is 5.69 Å². The van der Waals surface area contributed by atoms with E-state index >= 15 is 0 Å². The first-order valence-corrected chi connectivity index (χ1v) is 6.73. The topological polar surface area (TPSA) is 46.6 Å². The van der Waals surface area contributed by atoms with Gasteiger partial charge >= 0.3 is 5.97 Å². The van der Waals surface area contributed by atoms with Crippen LogP contribution in [-0.4, -0.2) is 30.3 Å². The van der Waals surface area contributed by atoms with E-state index in [4.69, 9.17) is 4.74 Å². The average molecular weight is 265 g/mol. The number of ether oxygens (including phenoxy) is 1. The molecular formula is C13H15NO3S. The first kappa shape index (κ1) is 13.0. The molecule has 96 valence electrons. The molecule has 1 aliphatic rings. The molecule has 0 saturated carbocycles. The second-order valence-corrected chi connectivity index (χ2v) is 5.20. The minimum atomic E-state index is -0.310. The molecule has 0 aliphatic carbocycles. The van der Waals surface area contributed by atoms with E-state index in [1.54, 1.807) is 16.7 Å². The fourth-order valence-corrected chi connectivity index (χ4v) is 2.98. The van der Waals surface area contributed by atoms with Crippen LogP contribution in [0.2, 0.25) is 0 Å². The van der Waals surface area contributed by atoms with Crippen molar-refractivity contribution in [2.75, 3.05) is 17.2 Å². The summed E-state index contributed by atoms with van der Waals surface area (Å²) in [6, 6.07) is 7.74. The SMILES string of the molecule is CC(=O)O[C@H]1CSc2ccccc2N(C(C)=O)C1. The Labute approximate surface area is 110 Å². The molecule has 1 aromatic carbocycles. The summed E-state index contributed by atoms with van der Waals surface area (Å²) >= 11 is 1.61. The maximum Gasteiger partial charge on any atom is 0.302 e. The Bertz CT molecular complexity index is 475. The van der Waals surface area contributed by atoms with E-state index in [1.165, 1.54) is 13.8 Å². The molecule has 0 saturated heterocycles. The number of amides is 1. The van der Waals surface area contributed by atoms with Crippen LogP contribution in [0, 0.1) is 0 Å². The van der Waals surface area contributed by atoms with Gasteiger partial charge in [0.1, 0.15) is 6.10 Å². The molecule has 0 fully saturated rings. The monoisotopic (exact) mass is 265 g/mol. The third-order valence-corrected chi connectivity index (χ3v) is 3.87. The van der Waals surface area contributed by atoms with Gasteiger partial charge in [-0.2, -0.15) is 0 Å². The minimum absolute atomic E-state index is 0.0397. The number of rotatable bonds is 1. The number of benzene rings is 1. The summed E-state index contributed by atoms with van der Waals surface area (Å²) < 4.78 is 5.23. The molecular weight excluding hydrogens is 250 g/mol. The second kappa shape index (κ2) is 5.44. The molecule has 0 spiro atoms. The van der Waals surface area contributed by atoms with E-state index < -0.39 is 0 Å². The number of fused-ring (bicyclic) bond motifs is 1. The molecule has 4 nitrogen and oxygen atoms in total. The molecule has 1 aliphatic heterocycles. The maximum absolute atomic E-state index is 11.7. The van der Waals surface area contributed by atoms with Gasteiger partial charge in [-0.3, -0.25) is 9.59 Å². The highest BCUT2D eigenvalue weighted by Crippen LogP contribution is 2.34. The number of hydrogen-bond donors (Lipinski definition) is 0. The van der Waals surface area contributed by atoms with E-state index in [0.717, 1.165) is 10.6 Å². The summed E-state index contributed by atoms with van der Waals surface area (Å²) in [4.78, 5) is 25.5. The molecule has 0 N–H and O–H groups in total. The summed E-state index contributed by atoms with van der Waals surface area (Å²) in [5.74, 6) is 0.317. The number of thioether (sulfide) groups is 1. The van der Waals surface area contributed by atoms with Crippen LogP contribution < -0.4 is 4.90 Å². The van der Waals surface area contributed by atoms with Gasteiger partial charge in [-0.1, -0.05) is 12.1 Å². The maximum atomic E-state index is 11.7. The number of nitrogens with zero attached hydrogens (tertiary/aromatic N) is 1. The van der Waals surface area contributed by atoms with Crippen LogP contribution in [0.3, 0.4) is 0 Å². The number of carbonyl (C=O) groups excluding carboxylic acids is 2. The van der Waals surface area contributed by atoms with Crippen molar-refractivity contribution in [1.29, 1.82) is 0 Å². The number of hydrogen-bond acceptors (Lipinski definition) is 4. The highest BCUT2D eigenvalue weighted by Gasteiger charge is 2.26.